The second-order valence-corrected chi connectivity index (χ2v) is 3.72. The van der Waals surface area contributed by atoms with Crippen LogP contribution in [0.15, 0.2) is 29.2 Å². The highest BCUT2D eigenvalue weighted by Crippen LogP contribution is 2.23. The second kappa shape index (κ2) is 3.08. The quantitative estimate of drug-likeness (QED) is 0.764. The molecule has 0 saturated heterocycles. The highest BCUT2D eigenvalue weighted by Gasteiger charge is 2.13. The van der Waals surface area contributed by atoms with Crippen LogP contribution in [0.25, 0.3) is 16.9 Å². The molecule has 2 heterocycles. The average Bonchev–Trinajstić information content (AvgIpc) is 2.82. The van der Waals surface area contributed by atoms with Gasteiger partial charge in [-0.05, 0) is 31.4 Å². The Bertz CT molecular complexity index is 591. The monoisotopic (exact) mass is 201 g/mol. The molecule has 15 heavy (non-hydrogen) atoms. The van der Waals surface area contributed by atoms with Crippen molar-refractivity contribution in [2.45, 2.75) is 19.3 Å². The lowest BCUT2D eigenvalue weighted by Gasteiger charge is -2.02. The molecule has 76 valence electrons. The van der Waals surface area contributed by atoms with Crippen molar-refractivity contribution in [2.75, 3.05) is 0 Å². The van der Waals surface area contributed by atoms with E-state index in [0.717, 1.165) is 30.5 Å². The molecule has 2 aromatic rings. The van der Waals surface area contributed by atoms with Gasteiger partial charge >= 0.3 is 5.69 Å². The lowest BCUT2D eigenvalue weighted by atomic mass is 10.3. The van der Waals surface area contributed by atoms with Crippen LogP contribution >= 0.6 is 0 Å². The Balaban J connectivity index is 2.33. The van der Waals surface area contributed by atoms with Gasteiger partial charge in [0.15, 0.2) is 5.65 Å². The Labute approximate surface area is 86.3 Å². The lowest BCUT2D eigenvalue weighted by Crippen LogP contribution is -2.14. The van der Waals surface area contributed by atoms with E-state index in [9.17, 15) is 4.79 Å². The molecule has 0 radical (unpaired) electrons. The fraction of sp³-hybridized carbons (Fsp3) is 0.273. The molecule has 0 aromatic carbocycles. The molecular formula is C11H11N3O. The summed E-state index contributed by atoms with van der Waals surface area (Å²) in [7, 11) is 0. The predicted molar refractivity (Wildman–Crippen MR) is 58.5 cm³/mol. The molecule has 1 N–H and O–H groups in total. The van der Waals surface area contributed by atoms with Gasteiger partial charge in [0.1, 0.15) is 0 Å². The number of allylic oxidation sites excluding steroid dienone is 2. The van der Waals surface area contributed by atoms with Gasteiger partial charge in [-0.25, -0.2) is 9.78 Å². The molecule has 1 aliphatic rings. The predicted octanol–water partition coefficient (Wildman–Crippen LogP) is 1.75. The van der Waals surface area contributed by atoms with E-state index in [1.54, 1.807) is 10.8 Å². The van der Waals surface area contributed by atoms with Crippen LogP contribution in [0, 0.1) is 0 Å². The number of aromatic amines is 1. The average molecular weight is 201 g/mol. The molecule has 0 fully saturated rings. The fourth-order valence-corrected chi connectivity index (χ4v) is 2.08. The molecule has 0 spiro atoms. The molecule has 0 unspecified atom stereocenters. The molecule has 0 amide bonds. The van der Waals surface area contributed by atoms with Crippen LogP contribution in [0.5, 0.6) is 0 Å². The van der Waals surface area contributed by atoms with Gasteiger partial charge in [0.25, 0.3) is 0 Å². The Morgan fingerprint density at radius 3 is 3.20 bits per heavy atom. The van der Waals surface area contributed by atoms with Crippen LogP contribution in [-0.2, 0) is 0 Å². The van der Waals surface area contributed by atoms with E-state index < -0.39 is 0 Å². The number of pyridine rings is 1. The summed E-state index contributed by atoms with van der Waals surface area (Å²) < 4.78 is 1.73. The van der Waals surface area contributed by atoms with Crippen molar-refractivity contribution in [1.82, 2.24) is 14.5 Å². The Morgan fingerprint density at radius 1 is 1.47 bits per heavy atom. The minimum atomic E-state index is -0.0862. The summed E-state index contributed by atoms with van der Waals surface area (Å²) in [5, 5.41) is 0. The highest BCUT2D eigenvalue weighted by atomic mass is 16.1. The van der Waals surface area contributed by atoms with E-state index in [4.69, 9.17) is 0 Å². The third-order valence-corrected chi connectivity index (χ3v) is 2.76. The molecule has 0 atom stereocenters. The van der Waals surface area contributed by atoms with Gasteiger partial charge in [-0.2, -0.15) is 0 Å². The first-order valence-corrected chi connectivity index (χ1v) is 5.11. The van der Waals surface area contributed by atoms with Gasteiger partial charge in [0, 0.05) is 11.9 Å². The van der Waals surface area contributed by atoms with Crippen molar-refractivity contribution < 1.29 is 0 Å². The summed E-state index contributed by atoms with van der Waals surface area (Å²) in [5.41, 5.74) is 2.54. The van der Waals surface area contributed by atoms with Gasteiger partial charge in [-0.1, -0.05) is 6.08 Å². The number of nitrogens with zero attached hydrogens (tertiary/aromatic N) is 2. The van der Waals surface area contributed by atoms with Crippen LogP contribution in [-0.4, -0.2) is 14.5 Å². The van der Waals surface area contributed by atoms with E-state index in [1.807, 2.05) is 12.1 Å². The number of H-pyrrole nitrogens is 1. The minimum absolute atomic E-state index is 0.0862. The van der Waals surface area contributed by atoms with Crippen LogP contribution in [0.4, 0.5) is 0 Å². The molecule has 4 heteroatoms. The third kappa shape index (κ3) is 1.21. The van der Waals surface area contributed by atoms with Gasteiger partial charge in [0.05, 0.1) is 5.52 Å². The maximum absolute atomic E-state index is 11.8. The number of aromatic nitrogens is 3. The first-order valence-electron chi connectivity index (χ1n) is 5.11. The maximum Gasteiger partial charge on any atom is 0.332 e. The number of imidazole rings is 1. The molecule has 4 nitrogen and oxygen atoms in total. The summed E-state index contributed by atoms with van der Waals surface area (Å²) in [6.07, 6.45) is 6.98. The topological polar surface area (TPSA) is 50.7 Å². The summed E-state index contributed by atoms with van der Waals surface area (Å²) in [4.78, 5) is 18.6. The van der Waals surface area contributed by atoms with Crippen molar-refractivity contribution in [3.05, 3.63) is 34.9 Å². The molecule has 0 bridgehead atoms. The molecular weight excluding hydrogens is 190 g/mol. The van der Waals surface area contributed by atoms with Crippen molar-refractivity contribution >= 4 is 16.9 Å². The Kier molecular flexibility index (Phi) is 1.74. The zero-order valence-electron chi connectivity index (χ0n) is 8.23. The first kappa shape index (κ1) is 8.47. The number of rotatable bonds is 1. The van der Waals surface area contributed by atoms with E-state index in [-0.39, 0.29) is 5.69 Å². The molecule has 1 aliphatic carbocycles. The van der Waals surface area contributed by atoms with E-state index >= 15 is 0 Å². The van der Waals surface area contributed by atoms with Gasteiger partial charge < -0.3 is 0 Å². The SMILES string of the molecule is O=c1[nH]c2ncccc2n1C1=CCCC1. The van der Waals surface area contributed by atoms with Crippen LogP contribution < -0.4 is 5.69 Å². The second-order valence-electron chi connectivity index (χ2n) is 3.72. The fourth-order valence-electron chi connectivity index (χ4n) is 2.08. The minimum Gasteiger partial charge on any atom is -0.290 e. The Morgan fingerprint density at radius 2 is 2.40 bits per heavy atom. The van der Waals surface area contributed by atoms with E-state index in [1.165, 1.54) is 0 Å². The normalized spacial score (nSPS) is 15.9. The van der Waals surface area contributed by atoms with Crippen molar-refractivity contribution in [2.24, 2.45) is 0 Å². The lowest BCUT2D eigenvalue weighted by molar-refractivity contribution is 0.899. The highest BCUT2D eigenvalue weighted by molar-refractivity contribution is 5.75. The molecule has 0 saturated carbocycles. The molecule has 0 aliphatic heterocycles. The molecule has 2 aromatic heterocycles. The van der Waals surface area contributed by atoms with Gasteiger partial charge in [-0.15, -0.1) is 0 Å². The van der Waals surface area contributed by atoms with Crippen molar-refractivity contribution in [3.8, 4) is 0 Å². The largest absolute Gasteiger partial charge is 0.332 e. The van der Waals surface area contributed by atoms with Crippen molar-refractivity contribution in [3.63, 3.8) is 0 Å². The zero-order valence-corrected chi connectivity index (χ0v) is 8.23. The smallest absolute Gasteiger partial charge is 0.290 e. The summed E-state index contributed by atoms with van der Waals surface area (Å²) >= 11 is 0. The van der Waals surface area contributed by atoms with Gasteiger partial charge in [0.2, 0.25) is 0 Å². The van der Waals surface area contributed by atoms with Crippen LogP contribution in [0.1, 0.15) is 19.3 Å². The number of hydrogen-bond acceptors (Lipinski definition) is 2. The van der Waals surface area contributed by atoms with Crippen LogP contribution in [0.3, 0.4) is 0 Å². The standard InChI is InChI=1S/C11H11N3O/c15-11-13-10-9(6-3-7-12-10)14(11)8-4-1-2-5-8/h3-4,6-7H,1-2,5H2,(H,12,13,15). The van der Waals surface area contributed by atoms with E-state index in [2.05, 4.69) is 16.0 Å². The van der Waals surface area contributed by atoms with Crippen molar-refractivity contribution in [1.29, 1.82) is 0 Å². The summed E-state index contributed by atoms with van der Waals surface area (Å²) in [6.45, 7) is 0. The van der Waals surface area contributed by atoms with Crippen LogP contribution in [0.2, 0.25) is 0 Å². The van der Waals surface area contributed by atoms with Gasteiger partial charge in [-0.3, -0.25) is 9.55 Å². The summed E-state index contributed by atoms with van der Waals surface area (Å²) in [6, 6.07) is 3.76. The molecule has 3 rings (SSSR count). The summed E-state index contributed by atoms with van der Waals surface area (Å²) in [5.74, 6) is 0. The first-order chi connectivity index (χ1) is 7.36. The Hall–Kier alpha value is -1.84. The third-order valence-electron chi connectivity index (χ3n) is 2.76. The number of fused-ring (bicyclic) bond motifs is 1. The number of hydrogen-bond donors (Lipinski definition) is 1. The zero-order chi connectivity index (χ0) is 10.3. The maximum atomic E-state index is 11.8. The van der Waals surface area contributed by atoms with E-state index in [0.29, 0.717) is 5.65 Å². The number of nitrogens with one attached hydrogen (secondary N) is 1.